The number of benzene rings is 2. The fourth-order valence-electron chi connectivity index (χ4n) is 5.19. The summed E-state index contributed by atoms with van der Waals surface area (Å²) >= 11 is 0. The van der Waals surface area contributed by atoms with Crippen LogP contribution in [0.2, 0.25) is 0 Å². The van der Waals surface area contributed by atoms with Crippen LogP contribution >= 0.6 is 0 Å². The minimum Gasteiger partial charge on any atom is -0.445 e. The Morgan fingerprint density at radius 2 is 1.74 bits per heavy atom. The Morgan fingerprint density at radius 3 is 2.42 bits per heavy atom. The maximum absolute atomic E-state index is 13.7. The Kier molecular flexibility index (Phi) is 12.3. The summed E-state index contributed by atoms with van der Waals surface area (Å²) in [7, 11) is 0. The molecular formula is C37H44N6O7. The number of amides is 3. The lowest BCUT2D eigenvalue weighted by Gasteiger charge is -2.20. The van der Waals surface area contributed by atoms with Crippen molar-refractivity contribution in [3.05, 3.63) is 106 Å². The third-order valence-electron chi connectivity index (χ3n) is 7.36. The molecule has 0 aliphatic rings. The van der Waals surface area contributed by atoms with Crippen LogP contribution in [0.25, 0.3) is 11.0 Å². The first-order valence-electron chi connectivity index (χ1n) is 16.4. The molecule has 4 aromatic rings. The predicted molar refractivity (Wildman–Crippen MR) is 189 cm³/mol. The molecule has 0 saturated heterocycles. The number of imidazole rings is 1. The molecule has 264 valence electrons. The van der Waals surface area contributed by atoms with Crippen molar-refractivity contribution in [3.63, 3.8) is 0 Å². The number of fused-ring (bicyclic) bond motifs is 1. The SMILES string of the molecule is CC(C)Cc1cccc2c1nc(Cn1cccc(NC(=O)[C@H](CC/C=C/C(N)=O)NC(=O)OCc3ccccc3)c1=O)n2C(=O)OC(C)(C)C. The largest absolute Gasteiger partial charge is 0.445 e. The fourth-order valence-corrected chi connectivity index (χ4v) is 5.19. The summed E-state index contributed by atoms with van der Waals surface area (Å²) in [6.07, 6.45) is 3.74. The predicted octanol–water partition coefficient (Wildman–Crippen LogP) is 5.28. The van der Waals surface area contributed by atoms with E-state index in [0.29, 0.717) is 17.0 Å². The van der Waals surface area contributed by atoms with Gasteiger partial charge in [-0.2, -0.15) is 0 Å². The molecule has 4 N–H and O–H groups in total. The van der Waals surface area contributed by atoms with Gasteiger partial charge in [0.2, 0.25) is 11.8 Å². The van der Waals surface area contributed by atoms with E-state index in [1.165, 1.54) is 27.5 Å². The molecule has 0 saturated carbocycles. The molecule has 3 amide bonds. The van der Waals surface area contributed by atoms with E-state index < -0.39 is 41.2 Å². The van der Waals surface area contributed by atoms with Crippen LogP contribution in [0.1, 0.15) is 64.4 Å². The van der Waals surface area contributed by atoms with E-state index in [1.54, 1.807) is 45.0 Å². The number of hydrogen-bond acceptors (Lipinski definition) is 8. The third-order valence-corrected chi connectivity index (χ3v) is 7.36. The first-order chi connectivity index (χ1) is 23.7. The Balaban J connectivity index is 1.60. The molecule has 0 aliphatic heterocycles. The van der Waals surface area contributed by atoms with Gasteiger partial charge in [-0.3, -0.25) is 14.4 Å². The Labute approximate surface area is 290 Å². The van der Waals surface area contributed by atoms with Gasteiger partial charge < -0.3 is 30.4 Å². The van der Waals surface area contributed by atoms with Crippen molar-refractivity contribution in [3.8, 4) is 0 Å². The Bertz CT molecular complexity index is 1920. The van der Waals surface area contributed by atoms with Crippen LogP contribution in [0.5, 0.6) is 0 Å². The van der Waals surface area contributed by atoms with Crippen LogP contribution in [-0.4, -0.2) is 49.8 Å². The summed E-state index contributed by atoms with van der Waals surface area (Å²) in [6.45, 7) is 9.37. The first-order valence-corrected chi connectivity index (χ1v) is 16.4. The molecular weight excluding hydrogens is 640 g/mol. The normalized spacial score (nSPS) is 12.2. The number of carbonyl (C=O) groups excluding carboxylic acids is 4. The monoisotopic (exact) mass is 684 g/mol. The number of pyridine rings is 1. The highest BCUT2D eigenvalue weighted by molar-refractivity contribution is 5.96. The second-order valence-electron chi connectivity index (χ2n) is 13.2. The summed E-state index contributed by atoms with van der Waals surface area (Å²) in [6, 6.07) is 16.5. The van der Waals surface area contributed by atoms with Crippen LogP contribution in [0.4, 0.5) is 15.3 Å². The molecule has 50 heavy (non-hydrogen) atoms. The van der Waals surface area contributed by atoms with Crippen LogP contribution in [0.15, 0.2) is 83.8 Å². The van der Waals surface area contributed by atoms with Crippen molar-refractivity contribution in [2.24, 2.45) is 11.7 Å². The third kappa shape index (κ3) is 10.4. The van der Waals surface area contributed by atoms with Gasteiger partial charge >= 0.3 is 12.2 Å². The number of aromatic nitrogens is 3. The van der Waals surface area contributed by atoms with Crippen molar-refractivity contribution in [1.82, 2.24) is 19.4 Å². The number of anilines is 1. The van der Waals surface area contributed by atoms with Gasteiger partial charge in [-0.25, -0.2) is 19.1 Å². The second-order valence-corrected chi connectivity index (χ2v) is 13.2. The summed E-state index contributed by atoms with van der Waals surface area (Å²) in [5.41, 5.74) is 6.68. The number of alkyl carbamates (subject to hydrolysis) is 1. The molecule has 0 spiro atoms. The molecule has 0 unspecified atom stereocenters. The van der Waals surface area contributed by atoms with Gasteiger partial charge in [-0.05, 0) is 81.4 Å². The number of allylic oxidation sites excluding steroid dienone is 1. The number of nitrogens with zero attached hydrogens (tertiary/aromatic N) is 3. The van der Waals surface area contributed by atoms with Gasteiger partial charge in [-0.15, -0.1) is 0 Å². The van der Waals surface area contributed by atoms with Gasteiger partial charge in [-0.1, -0.05) is 62.4 Å². The Hall–Kier alpha value is -5.72. The van der Waals surface area contributed by atoms with E-state index >= 15 is 0 Å². The summed E-state index contributed by atoms with van der Waals surface area (Å²) in [5.74, 6) is -0.717. The molecule has 0 bridgehead atoms. The summed E-state index contributed by atoms with van der Waals surface area (Å²) in [5, 5.41) is 5.16. The number of nitrogens with two attached hydrogens (primary N) is 1. The molecule has 0 fully saturated rings. The minimum absolute atomic E-state index is 0.0149. The second kappa shape index (κ2) is 16.6. The zero-order valence-corrected chi connectivity index (χ0v) is 29.0. The fraction of sp³-hybridized carbons (Fsp3) is 0.351. The average molecular weight is 685 g/mol. The van der Waals surface area contributed by atoms with Gasteiger partial charge in [0.1, 0.15) is 29.8 Å². The number of hydrogen-bond donors (Lipinski definition) is 3. The molecule has 13 nitrogen and oxygen atoms in total. The van der Waals surface area contributed by atoms with Crippen LogP contribution < -0.4 is 21.9 Å². The lowest BCUT2D eigenvalue weighted by Crippen LogP contribution is -2.44. The molecule has 13 heteroatoms. The molecule has 2 aromatic heterocycles. The van der Waals surface area contributed by atoms with Crippen LogP contribution in [-0.2, 0) is 38.6 Å². The van der Waals surface area contributed by atoms with Crippen molar-refractivity contribution < 1.29 is 28.7 Å². The molecule has 2 heterocycles. The van der Waals surface area contributed by atoms with Crippen molar-refractivity contribution >= 4 is 40.7 Å². The van der Waals surface area contributed by atoms with Gasteiger partial charge in [0.15, 0.2) is 0 Å². The number of para-hydroxylation sites is 1. The highest BCUT2D eigenvalue weighted by atomic mass is 16.6. The zero-order valence-electron chi connectivity index (χ0n) is 29.0. The number of rotatable bonds is 13. The highest BCUT2D eigenvalue weighted by Crippen LogP contribution is 2.24. The quantitative estimate of drug-likeness (QED) is 0.159. The minimum atomic E-state index is -1.13. The van der Waals surface area contributed by atoms with Gasteiger partial charge in [0.05, 0.1) is 17.6 Å². The number of nitrogens with one attached hydrogen (secondary N) is 2. The number of carbonyl (C=O) groups is 4. The van der Waals surface area contributed by atoms with E-state index in [0.717, 1.165) is 23.6 Å². The molecule has 0 aliphatic carbocycles. The highest BCUT2D eigenvalue weighted by Gasteiger charge is 2.26. The number of primary amides is 1. The topological polar surface area (TPSA) is 177 Å². The van der Waals surface area contributed by atoms with Gasteiger partial charge in [0, 0.05) is 6.20 Å². The average Bonchev–Trinajstić information content (AvgIpc) is 3.42. The summed E-state index contributed by atoms with van der Waals surface area (Å²) in [4.78, 5) is 69.3. The van der Waals surface area contributed by atoms with Gasteiger partial charge in [0.25, 0.3) is 5.56 Å². The van der Waals surface area contributed by atoms with Crippen LogP contribution in [0.3, 0.4) is 0 Å². The molecule has 4 rings (SSSR count). The van der Waals surface area contributed by atoms with E-state index in [-0.39, 0.29) is 37.5 Å². The van der Waals surface area contributed by atoms with Crippen molar-refractivity contribution in [1.29, 1.82) is 0 Å². The van der Waals surface area contributed by atoms with E-state index in [2.05, 4.69) is 24.5 Å². The molecule has 1 atom stereocenters. The smallest absolute Gasteiger partial charge is 0.420 e. The lowest BCUT2D eigenvalue weighted by molar-refractivity contribution is -0.118. The van der Waals surface area contributed by atoms with E-state index in [4.69, 9.17) is 20.2 Å². The Morgan fingerprint density at radius 1 is 1.00 bits per heavy atom. The lowest BCUT2D eigenvalue weighted by atomic mass is 10.0. The standard InChI is InChI=1S/C37H44N6O7/c1-24(2)21-26-15-11-18-29-32(26)41-31(43(29)36(48)50-37(3,4)5)22-42-20-12-17-28(34(42)46)39-33(45)27(16-9-10-19-30(38)44)40-35(47)49-23-25-13-7-6-8-14-25/h6-8,10-15,17-20,24,27H,9,16,21-23H2,1-5H3,(H2,38,44)(H,39,45)(H,40,47)/b19-10+/t27-/m0/s1. The maximum atomic E-state index is 13.7. The summed E-state index contributed by atoms with van der Waals surface area (Å²) < 4.78 is 13.7. The molecule has 2 aromatic carbocycles. The maximum Gasteiger partial charge on any atom is 0.420 e. The molecule has 0 radical (unpaired) electrons. The zero-order chi connectivity index (χ0) is 36.4. The van der Waals surface area contributed by atoms with E-state index in [1.807, 2.05) is 30.3 Å². The van der Waals surface area contributed by atoms with Crippen molar-refractivity contribution in [2.45, 2.75) is 78.7 Å². The number of ether oxygens (including phenoxy) is 2. The van der Waals surface area contributed by atoms with Crippen LogP contribution in [0, 0.1) is 5.92 Å². The van der Waals surface area contributed by atoms with E-state index in [9.17, 15) is 24.0 Å². The first kappa shape index (κ1) is 37.1. The van der Waals surface area contributed by atoms with Crippen molar-refractivity contribution in [2.75, 3.05) is 5.32 Å².